The summed E-state index contributed by atoms with van der Waals surface area (Å²) in [4.78, 5) is 12.7. The van der Waals surface area contributed by atoms with Gasteiger partial charge in [0.15, 0.2) is 18.9 Å². The lowest BCUT2D eigenvalue weighted by atomic mass is 9.83. The van der Waals surface area contributed by atoms with E-state index in [1.807, 2.05) is 66.7 Å². The molecule has 26 nitrogen and oxygen atoms in total. The highest BCUT2D eigenvalue weighted by molar-refractivity contribution is 5.29. The first kappa shape index (κ1) is 59.7. The Morgan fingerprint density at radius 3 is 1.51 bits per heavy atom. The van der Waals surface area contributed by atoms with E-state index in [0.717, 1.165) is 22.3 Å². The molecule has 4 aromatic carbocycles. The lowest BCUT2D eigenvalue weighted by Crippen LogP contribution is -2.66. The van der Waals surface area contributed by atoms with Crippen molar-refractivity contribution in [3.63, 3.8) is 0 Å². The van der Waals surface area contributed by atoms with E-state index < -0.39 is 98.0 Å². The molecule has 26 heteroatoms. The molecule has 0 N–H and O–H groups in total. The third-order valence-electron chi connectivity index (χ3n) is 14.0. The Kier molecular flexibility index (Phi) is 22.4. The predicted octanol–water partition coefficient (Wildman–Crippen LogP) is 10.00. The molecular formula is C55H64N12O14. The van der Waals surface area contributed by atoms with Crippen LogP contribution in [0.1, 0.15) is 35.0 Å². The molecule has 16 atom stereocenters. The summed E-state index contributed by atoms with van der Waals surface area (Å²) in [5.41, 5.74) is 43.2. The summed E-state index contributed by atoms with van der Waals surface area (Å²) >= 11 is 0. The normalized spacial score (nSPS) is 29.6. The minimum atomic E-state index is -1.42. The van der Waals surface area contributed by atoms with Crippen LogP contribution in [0.15, 0.2) is 149 Å². The molecule has 3 heterocycles. The first-order chi connectivity index (χ1) is 39.8. The van der Waals surface area contributed by atoms with Gasteiger partial charge in [-0.2, -0.15) is 0 Å². The fourth-order valence-corrected chi connectivity index (χ4v) is 10.1. The molecule has 0 spiro atoms. The van der Waals surface area contributed by atoms with E-state index in [-0.39, 0.29) is 52.6 Å². The molecule has 0 bridgehead atoms. The molecule has 4 aliphatic rings. The Labute approximate surface area is 467 Å². The van der Waals surface area contributed by atoms with Gasteiger partial charge in [-0.1, -0.05) is 99.3 Å². The highest BCUT2D eigenvalue weighted by atomic mass is 16.8. The van der Waals surface area contributed by atoms with E-state index in [1.165, 1.54) is 6.08 Å². The van der Waals surface area contributed by atoms with Gasteiger partial charge >= 0.3 is 0 Å². The van der Waals surface area contributed by atoms with Crippen molar-refractivity contribution < 1.29 is 66.3 Å². The Morgan fingerprint density at radius 1 is 0.531 bits per heavy atom. The van der Waals surface area contributed by atoms with Crippen LogP contribution < -0.4 is 14.2 Å². The maximum atomic E-state index is 10.2. The quantitative estimate of drug-likeness (QED) is 0.0221. The number of azide groups is 4. The predicted molar refractivity (Wildman–Crippen MR) is 289 cm³/mol. The van der Waals surface area contributed by atoms with E-state index >= 15 is 0 Å². The van der Waals surface area contributed by atoms with Crippen LogP contribution >= 0.6 is 0 Å². The number of hydrogen-bond acceptors (Lipinski definition) is 18. The highest BCUT2D eigenvalue weighted by Crippen LogP contribution is 2.42. The zero-order valence-electron chi connectivity index (χ0n) is 44.9. The van der Waals surface area contributed by atoms with E-state index in [1.54, 1.807) is 63.8 Å². The van der Waals surface area contributed by atoms with Crippen LogP contribution in [0.2, 0.25) is 0 Å². The lowest BCUT2D eigenvalue weighted by Gasteiger charge is -2.51. The third kappa shape index (κ3) is 15.3. The number of hydrogen-bond donors (Lipinski definition) is 0. The molecule has 8 rings (SSSR count). The van der Waals surface area contributed by atoms with Gasteiger partial charge in [0.05, 0.1) is 104 Å². The minimum absolute atomic E-state index is 0.0209. The average Bonchev–Trinajstić information content (AvgIpc) is 3.70. The first-order valence-electron chi connectivity index (χ1n) is 26.0. The average molecular weight is 1120 g/mol. The molecule has 0 amide bonds. The van der Waals surface area contributed by atoms with Crippen molar-refractivity contribution in [3.8, 4) is 17.2 Å². The summed E-state index contributed by atoms with van der Waals surface area (Å²) in [5, 5.41) is 16.5. The van der Waals surface area contributed by atoms with Gasteiger partial charge in [0.1, 0.15) is 60.0 Å². The summed E-state index contributed by atoms with van der Waals surface area (Å²) in [6.07, 6.45) is -11.9. The molecule has 3 aliphatic heterocycles. The maximum absolute atomic E-state index is 10.2. The van der Waals surface area contributed by atoms with Gasteiger partial charge < -0.3 is 66.3 Å². The summed E-state index contributed by atoms with van der Waals surface area (Å²) in [6.45, 7) is 7.44. The van der Waals surface area contributed by atoms with Gasteiger partial charge in [0.25, 0.3) is 0 Å². The monoisotopic (exact) mass is 1120 g/mol. The fourth-order valence-electron chi connectivity index (χ4n) is 10.1. The lowest BCUT2D eigenvalue weighted by molar-refractivity contribution is -0.365. The van der Waals surface area contributed by atoms with E-state index in [0.29, 0.717) is 17.2 Å². The Hall–Kier alpha value is -7.44. The summed E-state index contributed by atoms with van der Waals surface area (Å²) < 4.78 is 89.8. The summed E-state index contributed by atoms with van der Waals surface area (Å²) in [6, 6.07) is 27.7. The van der Waals surface area contributed by atoms with Crippen LogP contribution in [-0.2, 0) is 71.9 Å². The van der Waals surface area contributed by atoms with Crippen molar-refractivity contribution in [2.75, 3.05) is 47.7 Å². The second-order valence-electron chi connectivity index (χ2n) is 18.9. The van der Waals surface area contributed by atoms with Crippen LogP contribution in [0.4, 0.5) is 0 Å². The van der Waals surface area contributed by atoms with Crippen LogP contribution in [-0.4, -0.2) is 139 Å². The fraction of sp³-hybridized carbons (Fsp3) is 0.491. The molecule has 4 fully saturated rings. The van der Waals surface area contributed by atoms with Crippen molar-refractivity contribution in [1.29, 1.82) is 0 Å². The van der Waals surface area contributed by atoms with Gasteiger partial charge in [0, 0.05) is 25.2 Å². The molecule has 81 heavy (non-hydrogen) atoms. The number of ether oxygens (including phenoxy) is 14. The molecule has 1 aliphatic carbocycles. The Morgan fingerprint density at radius 2 is 1.01 bits per heavy atom. The SMILES string of the molecule is C=CCO[C@@H]1[C@@H](O[C@H]2O[C@@H]3CO[C@H](c4ccccc4)O[C@H]3[C@H](N=[N+]=[N-])[C@H]2OCc2ccc(OC)cc2)[C@H](N=[N+]=[N-])C[C@H](N=[N+]=[N-])[C@H]1O[C@H]1O[C@H](CN=[N+]=[N-])[C@@H](OCc2ccc(OC)cc2)[C@H](OCc2ccc(OC)cc2)[C@H]1OCC=C. The van der Waals surface area contributed by atoms with Gasteiger partial charge in [-0.15, -0.1) is 13.2 Å². The van der Waals surface area contributed by atoms with Crippen LogP contribution in [0.3, 0.4) is 0 Å². The van der Waals surface area contributed by atoms with Crippen molar-refractivity contribution in [2.45, 2.75) is 124 Å². The zero-order chi connectivity index (χ0) is 56.9. The second kappa shape index (κ2) is 30.4. The van der Waals surface area contributed by atoms with Crippen molar-refractivity contribution >= 4 is 0 Å². The highest BCUT2D eigenvalue weighted by Gasteiger charge is 2.56. The van der Waals surface area contributed by atoms with Crippen molar-refractivity contribution in [1.82, 2.24) is 0 Å². The molecule has 428 valence electrons. The molecule has 0 aromatic heterocycles. The number of methoxy groups -OCH3 is 3. The van der Waals surface area contributed by atoms with Gasteiger partial charge in [-0.25, -0.2) is 0 Å². The largest absolute Gasteiger partial charge is 0.497 e. The van der Waals surface area contributed by atoms with E-state index in [9.17, 15) is 22.1 Å². The second-order valence-corrected chi connectivity index (χ2v) is 18.9. The van der Waals surface area contributed by atoms with Crippen LogP contribution in [0, 0.1) is 0 Å². The number of rotatable bonds is 28. The van der Waals surface area contributed by atoms with Gasteiger partial charge in [-0.3, -0.25) is 0 Å². The summed E-state index contributed by atoms with van der Waals surface area (Å²) in [5.74, 6) is 1.91. The number of nitrogens with zero attached hydrogens (tertiary/aromatic N) is 12. The Balaban J connectivity index is 1.17. The molecule has 4 aromatic rings. The van der Waals surface area contributed by atoms with E-state index in [2.05, 4.69) is 53.3 Å². The Bertz CT molecular complexity index is 2840. The molecule has 0 radical (unpaired) electrons. The van der Waals surface area contributed by atoms with Gasteiger partial charge in [-0.05, 0) is 81.6 Å². The summed E-state index contributed by atoms with van der Waals surface area (Å²) in [7, 11) is 4.70. The molecule has 3 saturated heterocycles. The first-order valence-corrected chi connectivity index (χ1v) is 26.0. The number of fused-ring (bicyclic) bond motifs is 1. The molecule has 1 saturated carbocycles. The topological polar surface area (TPSA) is 324 Å². The van der Waals surface area contributed by atoms with Crippen molar-refractivity contribution in [2.24, 2.45) is 20.5 Å². The minimum Gasteiger partial charge on any atom is -0.497 e. The standard InChI is InChI=1S/C55H64N12O14/c1-6-25-71-50-45(79-54-49(74-30-34-15-21-38(69-4)22-16-34)44(63-67-59)47-43(78-54)32-76-53(81-47)36-11-9-8-10-12-36)40(61-65-57)27-41(62-66-58)46(50)80-55-52(72-26-7-2)51(75-31-35-17-23-39(70-5)24-18-35)48(42(77-55)28-60-64-56)73-29-33-13-19-37(68-3)20-14-33/h6-24,40-55H,1-2,25-32H2,3-5H3/t40-,41+,42-,43-,44+,45+,46-,47-,48-,49-,50-,51+,52-,53+,54-,55-/m1/s1. The van der Waals surface area contributed by atoms with Crippen molar-refractivity contribution in [3.05, 3.63) is 192 Å². The van der Waals surface area contributed by atoms with Crippen LogP contribution in [0.25, 0.3) is 41.8 Å². The van der Waals surface area contributed by atoms with Crippen LogP contribution in [0.5, 0.6) is 17.2 Å². The molecular weight excluding hydrogens is 1050 g/mol. The molecule has 0 unspecified atom stereocenters. The zero-order valence-corrected chi connectivity index (χ0v) is 44.9. The maximum Gasteiger partial charge on any atom is 0.187 e. The number of benzene rings is 4. The van der Waals surface area contributed by atoms with Gasteiger partial charge in [0.2, 0.25) is 0 Å². The van der Waals surface area contributed by atoms with E-state index in [4.69, 9.17) is 66.3 Å². The third-order valence-corrected chi connectivity index (χ3v) is 14.0. The smallest absolute Gasteiger partial charge is 0.187 e.